The van der Waals surface area contributed by atoms with Gasteiger partial charge < -0.3 is 0 Å². The second-order valence-electron chi connectivity index (χ2n) is 4.23. The number of aldehydes is 1. The second kappa shape index (κ2) is 4.26. The van der Waals surface area contributed by atoms with E-state index in [0.717, 1.165) is 17.1 Å². The van der Waals surface area contributed by atoms with E-state index in [1.54, 1.807) is 11.3 Å². The van der Waals surface area contributed by atoms with Crippen LogP contribution in [-0.2, 0) is 6.42 Å². The minimum absolute atomic E-state index is 0.881. The smallest absolute Gasteiger partial charge is 0.160 e. The van der Waals surface area contributed by atoms with Gasteiger partial charge in [-0.1, -0.05) is 25.7 Å². The van der Waals surface area contributed by atoms with Crippen LogP contribution in [0.1, 0.15) is 45.8 Å². The number of hydrogen-bond donors (Lipinski definition) is 0. The van der Waals surface area contributed by atoms with Crippen LogP contribution >= 0.6 is 11.3 Å². The van der Waals surface area contributed by atoms with Crippen molar-refractivity contribution in [1.82, 2.24) is 0 Å². The zero-order valence-corrected chi connectivity index (χ0v) is 9.40. The number of rotatable bonds is 3. The molecule has 0 radical (unpaired) electrons. The molecular formula is C12H16OS. The Kier molecular flexibility index (Phi) is 3.02. The molecule has 0 bridgehead atoms. The summed E-state index contributed by atoms with van der Waals surface area (Å²) >= 11 is 1.68. The van der Waals surface area contributed by atoms with Crippen molar-refractivity contribution in [3.05, 3.63) is 21.4 Å². The van der Waals surface area contributed by atoms with Crippen LogP contribution in [0.3, 0.4) is 0 Å². The number of thiophene rings is 1. The Morgan fingerprint density at radius 3 is 2.79 bits per heavy atom. The van der Waals surface area contributed by atoms with E-state index < -0.39 is 0 Å². The average Bonchev–Trinajstić information content (AvgIpc) is 2.78. The molecule has 0 amide bonds. The van der Waals surface area contributed by atoms with Crippen LogP contribution in [0.25, 0.3) is 0 Å². The molecule has 0 spiro atoms. The van der Waals surface area contributed by atoms with Gasteiger partial charge in [-0.2, -0.15) is 0 Å². The Bertz CT molecular complexity index is 321. The third kappa shape index (κ3) is 2.06. The van der Waals surface area contributed by atoms with Gasteiger partial charge in [0.15, 0.2) is 6.29 Å². The lowest BCUT2D eigenvalue weighted by Gasteiger charge is -2.06. The lowest BCUT2D eigenvalue weighted by molar-refractivity contribution is 0.112. The molecule has 2 rings (SSSR count). The van der Waals surface area contributed by atoms with Crippen LogP contribution < -0.4 is 0 Å². The number of carbonyl (C=O) groups is 1. The predicted octanol–water partition coefficient (Wildman–Crippen LogP) is 3.60. The molecule has 1 fully saturated rings. The third-order valence-electron chi connectivity index (χ3n) is 3.10. The molecule has 0 aromatic carbocycles. The van der Waals surface area contributed by atoms with Crippen molar-refractivity contribution in [3.8, 4) is 0 Å². The fraction of sp³-hybridized carbons (Fsp3) is 0.583. The van der Waals surface area contributed by atoms with Crippen molar-refractivity contribution < 1.29 is 4.79 Å². The van der Waals surface area contributed by atoms with Gasteiger partial charge in [0.1, 0.15) is 0 Å². The molecule has 1 aliphatic rings. The van der Waals surface area contributed by atoms with Gasteiger partial charge in [-0.15, -0.1) is 11.3 Å². The molecule has 76 valence electrons. The first kappa shape index (κ1) is 9.91. The lowest BCUT2D eigenvalue weighted by Crippen LogP contribution is -1.97. The molecule has 1 aromatic rings. The Morgan fingerprint density at radius 1 is 1.50 bits per heavy atom. The normalized spacial score (nSPS) is 17.5. The Hall–Kier alpha value is -0.630. The minimum Gasteiger partial charge on any atom is -0.297 e. The van der Waals surface area contributed by atoms with E-state index in [0.29, 0.717) is 0 Å². The average molecular weight is 208 g/mol. The van der Waals surface area contributed by atoms with Crippen LogP contribution in [0.4, 0.5) is 0 Å². The van der Waals surface area contributed by atoms with Gasteiger partial charge in [-0.3, -0.25) is 4.79 Å². The second-order valence-corrected chi connectivity index (χ2v) is 5.40. The van der Waals surface area contributed by atoms with Crippen molar-refractivity contribution in [2.75, 3.05) is 0 Å². The topological polar surface area (TPSA) is 17.1 Å². The molecule has 1 saturated carbocycles. The van der Waals surface area contributed by atoms with Gasteiger partial charge in [0.25, 0.3) is 0 Å². The third-order valence-corrected chi connectivity index (χ3v) is 4.29. The summed E-state index contributed by atoms with van der Waals surface area (Å²) in [4.78, 5) is 12.9. The summed E-state index contributed by atoms with van der Waals surface area (Å²) in [5.41, 5.74) is 1.31. The molecule has 14 heavy (non-hydrogen) atoms. The highest BCUT2D eigenvalue weighted by molar-refractivity contribution is 7.13. The van der Waals surface area contributed by atoms with E-state index in [1.807, 2.05) is 6.07 Å². The van der Waals surface area contributed by atoms with E-state index in [9.17, 15) is 4.79 Å². The summed E-state index contributed by atoms with van der Waals surface area (Å²) in [6.07, 6.45) is 7.73. The van der Waals surface area contributed by atoms with Gasteiger partial charge in [-0.25, -0.2) is 0 Å². The molecule has 1 aromatic heterocycles. The quantitative estimate of drug-likeness (QED) is 0.694. The first-order valence-electron chi connectivity index (χ1n) is 5.34. The summed E-state index contributed by atoms with van der Waals surface area (Å²) in [7, 11) is 0. The van der Waals surface area contributed by atoms with E-state index in [2.05, 4.69) is 6.92 Å². The fourth-order valence-electron chi connectivity index (χ4n) is 2.28. The van der Waals surface area contributed by atoms with E-state index >= 15 is 0 Å². The Balaban J connectivity index is 2.07. The largest absolute Gasteiger partial charge is 0.297 e. The van der Waals surface area contributed by atoms with Crippen molar-refractivity contribution >= 4 is 17.6 Å². The Labute approximate surface area is 89.1 Å². The standard InChI is InChI=1S/C12H16OS/c1-9-6-11(8-13)14-12(9)7-10-4-2-3-5-10/h6,8,10H,2-5,7H2,1H3. The molecular weight excluding hydrogens is 192 g/mol. The van der Waals surface area contributed by atoms with Gasteiger partial charge in [-0.05, 0) is 30.9 Å². The van der Waals surface area contributed by atoms with Gasteiger partial charge >= 0.3 is 0 Å². The van der Waals surface area contributed by atoms with Crippen LogP contribution in [0.2, 0.25) is 0 Å². The first-order valence-corrected chi connectivity index (χ1v) is 6.15. The molecule has 2 heteroatoms. The van der Waals surface area contributed by atoms with E-state index in [4.69, 9.17) is 0 Å². The summed E-state index contributed by atoms with van der Waals surface area (Å²) in [6.45, 7) is 2.12. The highest BCUT2D eigenvalue weighted by atomic mass is 32.1. The molecule has 0 N–H and O–H groups in total. The van der Waals surface area contributed by atoms with Crippen molar-refractivity contribution in [2.24, 2.45) is 5.92 Å². The number of aryl methyl sites for hydroxylation is 1. The minimum atomic E-state index is 0.881. The van der Waals surface area contributed by atoms with Crippen LogP contribution in [0.5, 0.6) is 0 Å². The molecule has 0 atom stereocenters. The van der Waals surface area contributed by atoms with Crippen molar-refractivity contribution in [1.29, 1.82) is 0 Å². The van der Waals surface area contributed by atoms with Crippen LogP contribution in [0, 0.1) is 12.8 Å². The Morgan fingerprint density at radius 2 is 2.21 bits per heavy atom. The van der Waals surface area contributed by atoms with Crippen molar-refractivity contribution in [2.45, 2.75) is 39.0 Å². The predicted molar refractivity (Wildman–Crippen MR) is 60.1 cm³/mol. The highest BCUT2D eigenvalue weighted by Gasteiger charge is 2.17. The van der Waals surface area contributed by atoms with Crippen molar-refractivity contribution in [3.63, 3.8) is 0 Å². The molecule has 1 nitrogen and oxygen atoms in total. The summed E-state index contributed by atoms with van der Waals surface area (Å²) in [5.74, 6) is 0.881. The SMILES string of the molecule is Cc1cc(C=O)sc1CC1CCCC1. The van der Waals surface area contributed by atoms with Crippen LogP contribution in [-0.4, -0.2) is 6.29 Å². The monoisotopic (exact) mass is 208 g/mol. The van der Waals surface area contributed by atoms with E-state index in [-0.39, 0.29) is 0 Å². The molecule has 0 unspecified atom stereocenters. The van der Waals surface area contributed by atoms with Gasteiger partial charge in [0.2, 0.25) is 0 Å². The maximum atomic E-state index is 10.6. The fourth-order valence-corrected chi connectivity index (χ4v) is 3.39. The van der Waals surface area contributed by atoms with Gasteiger partial charge in [0, 0.05) is 4.88 Å². The van der Waals surface area contributed by atoms with Crippen LogP contribution in [0.15, 0.2) is 6.07 Å². The molecule has 0 aliphatic heterocycles. The van der Waals surface area contributed by atoms with E-state index in [1.165, 1.54) is 42.5 Å². The molecule has 1 heterocycles. The zero-order chi connectivity index (χ0) is 9.97. The summed E-state index contributed by atoms with van der Waals surface area (Å²) in [6, 6.07) is 2.02. The molecule has 0 saturated heterocycles. The molecule has 1 aliphatic carbocycles. The first-order chi connectivity index (χ1) is 6.79. The maximum Gasteiger partial charge on any atom is 0.160 e. The summed E-state index contributed by atoms with van der Waals surface area (Å²) in [5, 5.41) is 0. The highest BCUT2D eigenvalue weighted by Crippen LogP contribution is 2.31. The maximum absolute atomic E-state index is 10.6. The van der Waals surface area contributed by atoms with Gasteiger partial charge in [0.05, 0.1) is 4.88 Å². The zero-order valence-electron chi connectivity index (χ0n) is 8.58. The number of hydrogen-bond acceptors (Lipinski definition) is 2. The number of carbonyl (C=O) groups excluding carboxylic acids is 1. The lowest BCUT2D eigenvalue weighted by atomic mass is 10.0. The summed E-state index contributed by atoms with van der Waals surface area (Å²) < 4.78 is 0.